The van der Waals surface area contributed by atoms with Crippen LogP contribution in [0.3, 0.4) is 0 Å². The van der Waals surface area contributed by atoms with Crippen molar-refractivity contribution < 1.29 is 43.2 Å². The monoisotopic (exact) mass is 646 g/mol. The second kappa shape index (κ2) is 9.96. The Morgan fingerprint density at radius 3 is 1.59 bits per heavy atom. The van der Waals surface area contributed by atoms with Gasteiger partial charge in [-0.2, -0.15) is 0 Å². The van der Waals surface area contributed by atoms with Crippen molar-refractivity contribution in [1.29, 1.82) is 0 Å². The van der Waals surface area contributed by atoms with Gasteiger partial charge in [0, 0.05) is 0 Å². The minimum absolute atomic E-state index is 0. The van der Waals surface area contributed by atoms with E-state index in [0.717, 1.165) is 7.35 Å². The molecule has 0 N–H and O–H groups in total. The second-order valence-corrected chi connectivity index (χ2v) is 42.9. The van der Waals surface area contributed by atoms with Gasteiger partial charge in [-0.05, 0) is 0 Å². The first-order valence-electron chi connectivity index (χ1n) is 9.63. The molecule has 0 nitrogen and oxygen atoms in total. The molecule has 3 aromatic carbocycles. The van der Waals surface area contributed by atoms with Crippen molar-refractivity contribution in [2.45, 2.75) is 13.1 Å². The van der Waals surface area contributed by atoms with Crippen molar-refractivity contribution in [3.05, 3.63) is 113 Å². The van der Waals surface area contributed by atoms with Crippen molar-refractivity contribution in [2.75, 3.05) is 0 Å². The molecular formula is C25H22Cl2GeHf. The fourth-order valence-electron chi connectivity index (χ4n) is 4.56. The van der Waals surface area contributed by atoms with Crippen LogP contribution in [-0.4, -0.2) is 10.1 Å². The van der Waals surface area contributed by atoms with E-state index in [2.05, 4.69) is 109 Å². The quantitative estimate of drug-likeness (QED) is 0.344. The molecule has 0 bridgehead atoms. The summed E-state index contributed by atoms with van der Waals surface area (Å²) in [5, 5.41) is 0. The van der Waals surface area contributed by atoms with Crippen molar-refractivity contribution in [1.82, 2.24) is 0 Å². The first-order chi connectivity index (χ1) is 13.3. The number of hydrogen-bond donors (Lipinski definition) is 0. The molecule has 29 heavy (non-hydrogen) atoms. The zero-order valence-corrected chi connectivity index (χ0v) is 23.4. The van der Waals surface area contributed by atoms with Crippen LogP contribution in [0.15, 0.2) is 91.0 Å². The zero-order chi connectivity index (χ0) is 18.2. The smallest absolute Gasteiger partial charge is 1.00 e. The number of halogens is 2. The van der Waals surface area contributed by atoms with Crippen molar-refractivity contribution in [2.24, 2.45) is 0 Å². The predicted molar refractivity (Wildman–Crippen MR) is 114 cm³/mol. The van der Waals surface area contributed by atoms with Gasteiger partial charge in [-0.15, -0.1) is 0 Å². The third-order valence-corrected chi connectivity index (χ3v) is 50.9. The fraction of sp³-hybridized carbons (Fsp3) is 0.120. The van der Waals surface area contributed by atoms with E-state index < -0.39 is 28.4 Å². The molecule has 2 aliphatic carbocycles. The predicted octanol–water partition coefficient (Wildman–Crippen LogP) is -0.323. The van der Waals surface area contributed by atoms with Gasteiger partial charge >= 0.3 is 171 Å². The molecule has 0 spiro atoms. The molecule has 5 rings (SSSR count). The Hall–Kier alpha value is -0.867. The third kappa shape index (κ3) is 4.30. The summed E-state index contributed by atoms with van der Waals surface area (Å²) in [6.45, 7) is 0. The number of allylic oxidation sites excluding steroid dienone is 2. The fourth-order valence-corrected chi connectivity index (χ4v) is 51.9. The Morgan fingerprint density at radius 2 is 1.07 bits per heavy atom. The van der Waals surface area contributed by atoms with Crippen molar-refractivity contribution in [3.8, 4) is 0 Å². The van der Waals surface area contributed by atoms with Crippen LogP contribution < -0.4 is 29.2 Å². The number of hydrogen-bond acceptors (Lipinski definition) is 0. The van der Waals surface area contributed by atoms with Gasteiger partial charge in [0.1, 0.15) is 0 Å². The van der Waals surface area contributed by atoms with Crippen LogP contribution in [0.25, 0.3) is 12.2 Å². The van der Waals surface area contributed by atoms with E-state index >= 15 is 0 Å². The second-order valence-electron chi connectivity index (χ2n) is 7.38. The summed E-state index contributed by atoms with van der Waals surface area (Å²) in [6.07, 6.45) is 9.93. The van der Waals surface area contributed by atoms with Crippen molar-refractivity contribution >= 4 is 26.6 Å². The average Bonchev–Trinajstić information content (AvgIpc) is 3.34. The van der Waals surface area contributed by atoms with Crippen LogP contribution in [0.4, 0.5) is 0 Å². The maximum atomic E-state index is 2.67. The van der Waals surface area contributed by atoms with Crippen LogP contribution in [0, 0.1) is 0 Å². The maximum absolute atomic E-state index is 2.67. The van der Waals surface area contributed by atoms with Gasteiger partial charge in [0.05, 0.1) is 0 Å². The van der Waals surface area contributed by atoms with Gasteiger partial charge in [0.15, 0.2) is 0 Å². The van der Waals surface area contributed by atoms with E-state index in [4.69, 9.17) is 0 Å². The van der Waals surface area contributed by atoms with E-state index in [1.165, 1.54) is 11.1 Å². The summed E-state index contributed by atoms with van der Waals surface area (Å²) in [6, 6.07) is 29.7. The van der Waals surface area contributed by atoms with Gasteiger partial charge < -0.3 is 24.8 Å². The Morgan fingerprint density at radius 1 is 0.621 bits per heavy atom. The number of benzene rings is 3. The molecule has 2 aliphatic rings. The molecule has 0 radical (unpaired) electrons. The van der Waals surface area contributed by atoms with Crippen LogP contribution >= 0.6 is 0 Å². The molecule has 0 aliphatic heterocycles. The molecule has 0 fully saturated rings. The van der Waals surface area contributed by atoms with Crippen LogP contribution in [-0.2, 0) is 18.3 Å². The summed E-state index contributed by atoms with van der Waals surface area (Å²) >= 11 is -2.10. The van der Waals surface area contributed by atoms with Crippen LogP contribution in [0.5, 0.6) is 0 Å². The topological polar surface area (TPSA) is 0 Å². The van der Waals surface area contributed by atoms with Crippen LogP contribution in [0.2, 0.25) is 5.76 Å². The van der Waals surface area contributed by atoms with E-state index in [0.29, 0.717) is 0 Å². The standard InChI is InChI=1S/2C9H7.C7H8Ge.2ClH.Hf/c2*1-2-5-9-7-3-6-8(9)4-1;1-8-7-5-3-2-4-6-7;;;/h2*1-7H;2-6H,1H3;2*1H;/q;;;;;+2/p-2. The molecule has 144 valence electrons. The van der Waals surface area contributed by atoms with Crippen LogP contribution in [0.1, 0.15) is 29.6 Å². The molecule has 2 unspecified atom stereocenters. The summed E-state index contributed by atoms with van der Waals surface area (Å²) in [5.41, 5.74) is 6.14. The summed E-state index contributed by atoms with van der Waals surface area (Å²) in [5.74, 6) is 2.67. The maximum Gasteiger partial charge on any atom is -1.00 e. The molecule has 3 aromatic rings. The minimum atomic E-state index is -2.10. The van der Waals surface area contributed by atoms with Gasteiger partial charge in [-0.3, -0.25) is 0 Å². The van der Waals surface area contributed by atoms with Gasteiger partial charge in [-0.25, -0.2) is 0 Å². The third-order valence-electron chi connectivity index (χ3n) is 5.91. The molecular weight excluding hydrogens is 622 g/mol. The van der Waals surface area contributed by atoms with E-state index in [9.17, 15) is 0 Å². The van der Waals surface area contributed by atoms with E-state index in [1.54, 1.807) is 15.5 Å². The van der Waals surface area contributed by atoms with E-state index in [-0.39, 0.29) is 24.8 Å². The largest absolute Gasteiger partial charge is 1.00 e. The zero-order valence-electron chi connectivity index (χ0n) is 16.2. The molecule has 0 saturated heterocycles. The summed E-state index contributed by atoms with van der Waals surface area (Å²) < 4.78 is 3.15. The number of fused-ring (bicyclic) bond motifs is 2. The Labute approximate surface area is 194 Å². The Kier molecular flexibility index (Phi) is 7.83. The Balaban J connectivity index is 0.00000120. The summed E-state index contributed by atoms with van der Waals surface area (Å²) in [7, 11) is -1.32. The van der Waals surface area contributed by atoms with E-state index in [1.807, 2.05) is 0 Å². The first-order valence-corrected chi connectivity index (χ1v) is 27.3. The minimum Gasteiger partial charge on any atom is -1.00 e. The average molecular weight is 644 g/mol. The molecule has 0 aromatic heterocycles. The molecule has 2 atom stereocenters. The molecule has 0 amide bonds. The molecule has 0 heterocycles. The van der Waals surface area contributed by atoms with Gasteiger partial charge in [-0.1, -0.05) is 0 Å². The number of rotatable bonds is 3. The normalized spacial score (nSPS) is 17.4. The van der Waals surface area contributed by atoms with Crippen molar-refractivity contribution in [3.63, 3.8) is 0 Å². The summed E-state index contributed by atoms with van der Waals surface area (Å²) in [4.78, 5) is 0. The molecule has 4 heteroatoms. The van der Waals surface area contributed by atoms with Gasteiger partial charge in [0.2, 0.25) is 0 Å². The first kappa shape index (κ1) is 22.8. The SMILES string of the molecule is [CH3][Ge]([c]1ccccc1)=[Hf+2]([CH]1C=Cc2ccccc21)[CH]1C=Cc2ccccc21.[Cl-].[Cl-]. The molecule has 0 saturated carbocycles. The van der Waals surface area contributed by atoms with Gasteiger partial charge in [0.25, 0.3) is 0 Å². The Bertz CT molecular complexity index is 1040.